The van der Waals surface area contributed by atoms with Gasteiger partial charge in [-0.25, -0.2) is 4.39 Å². The van der Waals surface area contributed by atoms with Crippen molar-refractivity contribution >= 4 is 23.4 Å². The summed E-state index contributed by atoms with van der Waals surface area (Å²) in [4.78, 5) is 12.0. The van der Waals surface area contributed by atoms with Crippen LogP contribution < -0.4 is 5.32 Å². The lowest BCUT2D eigenvalue weighted by atomic mass is 10.3. The first kappa shape index (κ1) is 17.3. The standard InChI is InChI=1S/C13H12F4N4OS/c1-7(10(22)18-9-5-3-4-8(14)6-9)23-12-20-19-11(21(12)2)13(15,16)17/h3-7H,1-2H3,(H,18,22)/t7-/m0/s1. The van der Waals surface area contributed by atoms with Crippen molar-refractivity contribution in [3.8, 4) is 0 Å². The number of benzene rings is 1. The van der Waals surface area contributed by atoms with E-state index in [4.69, 9.17) is 0 Å². The number of nitrogens with one attached hydrogen (secondary N) is 1. The molecule has 1 aromatic heterocycles. The third kappa shape index (κ3) is 4.21. The molecule has 0 spiro atoms. The molecule has 2 aromatic rings. The molecule has 10 heteroatoms. The Morgan fingerprint density at radius 1 is 1.35 bits per heavy atom. The van der Waals surface area contributed by atoms with E-state index in [0.717, 1.165) is 22.4 Å². The average Bonchev–Trinajstić information content (AvgIpc) is 2.80. The van der Waals surface area contributed by atoms with Gasteiger partial charge in [-0.05, 0) is 25.1 Å². The van der Waals surface area contributed by atoms with Gasteiger partial charge in [-0.15, -0.1) is 10.2 Å². The maximum absolute atomic E-state index is 13.0. The zero-order valence-corrected chi connectivity index (χ0v) is 12.9. The largest absolute Gasteiger partial charge is 0.451 e. The van der Waals surface area contributed by atoms with Crippen LogP contribution in [0, 0.1) is 5.82 Å². The number of rotatable bonds is 4. The summed E-state index contributed by atoms with van der Waals surface area (Å²) >= 11 is 0.822. The summed E-state index contributed by atoms with van der Waals surface area (Å²) in [5.74, 6) is -2.14. The third-order valence-corrected chi connectivity index (χ3v) is 3.97. The van der Waals surface area contributed by atoms with Gasteiger partial charge >= 0.3 is 6.18 Å². The number of alkyl halides is 3. The molecule has 0 unspecified atom stereocenters. The minimum Gasteiger partial charge on any atom is -0.325 e. The summed E-state index contributed by atoms with van der Waals surface area (Å²) < 4.78 is 51.7. The molecular weight excluding hydrogens is 336 g/mol. The average molecular weight is 348 g/mol. The number of hydrogen-bond donors (Lipinski definition) is 1. The van der Waals surface area contributed by atoms with Gasteiger partial charge in [-0.3, -0.25) is 4.79 Å². The fourth-order valence-corrected chi connectivity index (χ4v) is 2.50. The van der Waals surface area contributed by atoms with E-state index in [1.807, 2.05) is 0 Å². The molecule has 0 aliphatic heterocycles. The Morgan fingerprint density at radius 2 is 2.04 bits per heavy atom. The van der Waals surface area contributed by atoms with E-state index < -0.39 is 29.0 Å². The molecule has 1 aromatic carbocycles. The molecule has 0 bridgehead atoms. The smallest absolute Gasteiger partial charge is 0.325 e. The Hall–Kier alpha value is -2.10. The van der Waals surface area contributed by atoms with Crippen molar-refractivity contribution in [3.63, 3.8) is 0 Å². The number of carbonyl (C=O) groups excluding carboxylic acids is 1. The van der Waals surface area contributed by atoms with E-state index in [-0.39, 0.29) is 10.8 Å². The SMILES string of the molecule is C[C@H](Sc1nnc(C(F)(F)F)n1C)C(=O)Nc1cccc(F)c1. The number of amides is 1. The normalized spacial score (nSPS) is 13.0. The van der Waals surface area contributed by atoms with Gasteiger partial charge in [0, 0.05) is 12.7 Å². The number of carbonyl (C=O) groups is 1. The van der Waals surface area contributed by atoms with E-state index in [1.54, 1.807) is 0 Å². The molecule has 1 amide bonds. The molecule has 0 fully saturated rings. The lowest BCUT2D eigenvalue weighted by Gasteiger charge is -2.12. The molecule has 0 aliphatic rings. The summed E-state index contributed by atoms with van der Waals surface area (Å²) in [6, 6.07) is 5.30. The van der Waals surface area contributed by atoms with Gasteiger partial charge < -0.3 is 9.88 Å². The van der Waals surface area contributed by atoms with E-state index in [0.29, 0.717) is 0 Å². The molecule has 1 heterocycles. The van der Waals surface area contributed by atoms with Crippen molar-refractivity contribution < 1.29 is 22.4 Å². The molecule has 1 atom stereocenters. The minimum atomic E-state index is -4.62. The van der Waals surface area contributed by atoms with Crippen LogP contribution in [0.1, 0.15) is 12.7 Å². The predicted molar refractivity (Wildman–Crippen MR) is 76.4 cm³/mol. The van der Waals surface area contributed by atoms with Crippen LogP contribution in [0.2, 0.25) is 0 Å². The van der Waals surface area contributed by atoms with Crippen molar-refractivity contribution in [2.45, 2.75) is 23.5 Å². The van der Waals surface area contributed by atoms with Crippen LogP contribution >= 0.6 is 11.8 Å². The molecule has 23 heavy (non-hydrogen) atoms. The Morgan fingerprint density at radius 3 is 2.61 bits per heavy atom. The highest BCUT2D eigenvalue weighted by atomic mass is 32.2. The van der Waals surface area contributed by atoms with Crippen molar-refractivity contribution in [1.29, 1.82) is 0 Å². The van der Waals surface area contributed by atoms with Gasteiger partial charge in [-0.1, -0.05) is 17.8 Å². The Bertz CT molecular complexity index is 716. The van der Waals surface area contributed by atoms with E-state index >= 15 is 0 Å². The molecule has 0 saturated heterocycles. The maximum Gasteiger partial charge on any atom is 0.451 e. The lowest BCUT2D eigenvalue weighted by molar-refractivity contribution is -0.147. The van der Waals surface area contributed by atoms with Crippen molar-refractivity contribution in [3.05, 3.63) is 35.9 Å². The number of aromatic nitrogens is 3. The highest BCUT2D eigenvalue weighted by Gasteiger charge is 2.37. The van der Waals surface area contributed by atoms with Crippen LogP contribution in [0.15, 0.2) is 29.4 Å². The Balaban J connectivity index is 2.06. The van der Waals surface area contributed by atoms with Crippen LogP contribution in [0.25, 0.3) is 0 Å². The van der Waals surface area contributed by atoms with Crippen molar-refractivity contribution in [2.75, 3.05) is 5.32 Å². The zero-order chi connectivity index (χ0) is 17.2. The summed E-state index contributed by atoms with van der Waals surface area (Å²) in [5.41, 5.74) is 0.261. The molecule has 1 N–H and O–H groups in total. The van der Waals surface area contributed by atoms with E-state index in [2.05, 4.69) is 15.5 Å². The molecule has 2 rings (SSSR count). The van der Waals surface area contributed by atoms with E-state index in [9.17, 15) is 22.4 Å². The number of thioether (sulfide) groups is 1. The van der Waals surface area contributed by atoms with Gasteiger partial charge in [0.1, 0.15) is 5.82 Å². The van der Waals surface area contributed by atoms with Crippen LogP contribution in [-0.2, 0) is 18.0 Å². The van der Waals surface area contributed by atoms with Crippen LogP contribution in [0.3, 0.4) is 0 Å². The van der Waals surface area contributed by atoms with Crippen molar-refractivity contribution in [1.82, 2.24) is 14.8 Å². The van der Waals surface area contributed by atoms with E-state index in [1.165, 1.54) is 32.2 Å². The zero-order valence-electron chi connectivity index (χ0n) is 12.1. The van der Waals surface area contributed by atoms with Gasteiger partial charge in [0.2, 0.25) is 11.7 Å². The lowest BCUT2D eigenvalue weighted by Crippen LogP contribution is -2.23. The summed E-state index contributed by atoms with van der Waals surface area (Å²) in [6.07, 6.45) is -4.62. The van der Waals surface area contributed by atoms with Gasteiger partial charge in [-0.2, -0.15) is 13.2 Å². The second-order valence-corrected chi connectivity index (χ2v) is 5.93. The first-order chi connectivity index (χ1) is 10.7. The van der Waals surface area contributed by atoms with Gasteiger partial charge in [0.05, 0.1) is 5.25 Å². The number of halogens is 4. The van der Waals surface area contributed by atoms with Crippen molar-refractivity contribution in [2.24, 2.45) is 7.05 Å². The third-order valence-electron chi connectivity index (χ3n) is 2.83. The Labute approximate surface area is 133 Å². The molecule has 0 radical (unpaired) electrons. The fraction of sp³-hybridized carbons (Fsp3) is 0.308. The monoisotopic (exact) mass is 348 g/mol. The topological polar surface area (TPSA) is 59.8 Å². The van der Waals surface area contributed by atoms with Crippen LogP contribution in [-0.4, -0.2) is 25.9 Å². The number of nitrogens with zero attached hydrogens (tertiary/aromatic N) is 3. The molecule has 0 saturated carbocycles. The quantitative estimate of drug-likeness (QED) is 0.681. The Kier molecular flexibility index (Phi) is 4.93. The fourth-order valence-electron chi connectivity index (χ4n) is 1.69. The first-order valence-corrected chi connectivity index (χ1v) is 7.26. The minimum absolute atomic E-state index is 0.0424. The predicted octanol–water partition coefficient (Wildman–Crippen LogP) is 3.09. The second-order valence-electron chi connectivity index (χ2n) is 4.62. The van der Waals surface area contributed by atoms with Gasteiger partial charge in [0.25, 0.3) is 0 Å². The first-order valence-electron chi connectivity index (χ1n) is 6.38. The second kappa shape index (κ2) is 6.57. The van der Waals surface area contributed by atoms with Crippen LogP contribution in [0.4, 0.5) is 23.2 Å². The summed E-state index contributed by atoms with van der Waals surface area (Å²) in [7, 11) is 1.17. The van der Waals surface area contributed by atoms with Crippen LogP contribution in [0.5, 0.6) is 0 Å². The van der Waals surface area contributed by atoms with Gasteiger partial charge in [0.15, 0.2) is 5.16 Å². The molecule has 0 aliphatic carbocycles. The highest BCUT2D eigenvalue weighted by Crippen LogP contribution is 2.30. The number of anilines is 1. The highest BCUT2D eigenvalue weighted by molar-refractivity contribution is 8.00. The molecule has 124 valence electrons. The summed E-state index contributed by atoms with van der Waals surface area (Å²) in [6.45, 7) is 1.50. The molecule has 5 nitrogen and oxygen atoms in total. The number of hydrogen-bond acceptors (Lipinski definition) is 4. The summed E-state index contributed by atoms with van der Waals surface area (Å²) in [5, 5.41) is 8.21. The maximum atomic E-state index is 13.0. The molecular formula is C13H12F4N4OS.